The molecule has 0 heterocycles. The van der Waals surface area contributed by atoms with Crippen molar-refractivity contribution in [2.45, 2.75) is 6.92 Å². The highest BCUT2D eigenvalue weighted by Crippen LogP contribution is 2.12. The second-order valence-electron chi connectivity index (χ2n) is 2.68. The number of benzene rings is 1. The summed E-state index contributed by atoms with van der Waals surface area (Å²) in [6, 6.07) is 6.99. The van der Waals surface area contributed by atoms with Gasteiger partial charge in [0.15, 0.2) is 0 Å². The van der Waals surface area contributed by atoms with Gasteiger partial charge in [-0.05, 0) is 30.7 Å². The molecule has 0 spiro atoms. The van der Waals surface area contributed by atoms with E-state index in [2.05, 4.69) is 0 Å². The molecule has 0 saturated heterocycles. The summed E-state index contributed by atoms with van der Waals surface area (Å²) in [4.78, 5) is 10.5. The summed E-state index contributed by atoms with van der Waals surface area (Å²) in [5, 5.41) is 9.25. The first-order valence-electron chi connectivity index (χ1n) is 3.77. The van der Waals surface area contributed by atoms with Crippen molar-refractivity contribution in [3.05, 3.63) is 40.4 Å². The van der Waals surface area contributed by atoms with Crippen molar-refractivity contribution in [3.8, 4) is 0 Å². The molecule has 68 valence electrons. The van der Waals surface area contributed by atoms with Crippen molar-refractivity contribution < 1.29 is 9.90 Å². The van der Waals surface area contributed by atoms with Crippen molar-refractivity contribution in [2.75, 3.05) is 0 Å². The SMILES string of the molecule is CC(=Cc1ccc(Cl)cc1)C(=O)O. The van der Waals surface area contributed by atoms with Crippen molar-refractivity contribution in [1.29, 1.82) is 0 Å². The van der Waals surface area contributed by atoms with Gasteiger partial charge in [-0.1, -0.05) is 23.7 Å². The summed E-state index contributed by atoms with van der Waals surface area (Å²) in [5.74, 6) is -0.907. The third-order valence-corrected chi connectivity index (χ3v) is 1.84. The predicted molar refractivity (Wildman–Crippen MR) is 52.7 cm³/mol. The van der Waals surface area contributed by atoms with Crippen LogP contribution in [0.25, 0.3) is 6.08 Å². The average molecular weight is 197 g/mol. The largest absolute Gasteiger partial charge is 0.478 e. The Kier molecular flexibility index (Phi) is 3.09. The fraction of sp³-hybridized carbons (Fsp3) is 0.100. The fourth-order valence-corrected chi connectivity index (χ4v) is 0.997. The zero-order chi connectivity index (χ0) is 9.84. The van der Waals surface area contributed by atoms with E-state index in [4.69, 9.17) is 16.7 Å². The molecule has 0 fully saturated rings. The van der Waals surface area contributed by atoms with Crippen LogP contribution in [-0.4, -0.2) is 11.1 Å². The first-order valence-corrected chi connectivity index (χ1v) is 4.14. The van der Waals surface area contributed by atoms with E-state index < -0.39 is 5.97 Å². The van der Waals surface area contributed by atoms with Crippen LogP contribution in [0.2, 0.25) is 5.02 Å². The maximum absolute atomic E-state index is 10.5. The average Bonchev–Trinajstić information content (AvgIpc) is 2.08. The lowest BCUT2D eigenvalue weighted by Crippen LogP contribution is -1.95. The van der Waals surface area contributed by atoms with Crippen molar-refractivity contribution in [2.24, 2.45) is 0 Å². The number of hydrogen-bond donors (Lipinski definition) is 1. The Morgan fingerprint density at radius 2 is 1.92 bits per heavy atom. The van der Waals surface area contributed by atoms with Crippen LogP contribution in [0.3, 0.4) is 0 Å². The van der Waals surface area contributed by atoms with Gasteiger partial charge >= 0.3 is 5.97 Å². The van der Waals surface area contributed by atoms with E-state index in [-0.39, 0.29) is 0 Å². The van der Waals surface area contributed by atoms with E-state index in [9.17, 15) is 4.79 Å². The van der Waals surface area contributed by atoms with Crippen LogP contribution in [0, 0.1) is 0 Å². The number of hydrogen-bond acceptors (Lipinski definition) is 1. The summed E-state index contributed by atoms with van der Waals surface area (Å²) in [5.41, 5.74) is 1.15. The maximum atomic E-state index is 10.5. The van der Waals surface area contributed by atoms with Crippen molar-refractivity contribution in [3.63, 3.8) is 0 Å². The topological polar surface area (TPSA) is 37.3 Å². The van der Waals surface area contributed by atoms with Gasteiger partial charge in [-0.15, -0.1) is 0 Å². The Morgan fingerprint density at radius 1 is 1.38 bits per heavy atom. The van der Waals surface area contributed by atoms with E-state index in [1.165, 1.54) is 0 Å². The van der Waals surface area contributed by atoms with Gasteiger partial charge in [0, 0.05) is 10.6 Å². The van der Waals surface area contributed by atoms with E-state index in [0.717, 1.165) is 5.56 Å². The molecule has 0 bridgehead atoms. The number of carboxylic acids is 1. The summed E-state index contributed by atoms with van der Waals surface area (Å²) in [6.45, 7) is 1.55. The zero-order valence-electron chi connectivity index (χ0n) is 7.12. The van der Waals surface area contributed by atoms with Crippen LogP contribution < -0.4 is 0 Å². The molecule has 1 aromatic rings. The van der Waals surface area contributed by atoms with Crippen molar-refractivity contribution in [1.82, 2.24) is 0 Å². The molecule has 1 aromatic carbocycles. The van der Waals surface area contributed by atoms with Gasteiger partial charge < -0.3 is 5.11 Å². The molecule has 0 aromatic heterocycles. The summed E-state index contributed by atoms with van der Waals surface area (Å²) in [7, 11) is 0. The highest BCUT2D eigenvalue weighted by molar-refractivity contribution is 6.30. The maximum Gasteiger partial charge on any atom is 0.331 e. The summed E-state index contributed by atoms with van der Waals surface area (Å²) >= 11 is 5.67. The molecule has 0 unspecified atom stereocenters. The Morgan fingerprint density at radius 3 is 2.38 bits per heavy atom. The molecular formula is C10H9ClO2. The zero-order valence-corrected chi connectivity index (χ0v) is 7.88. The van der Waals surface area contributed by atoms with E-state index in [1.54, 1.807) is 37.3 Å². The summed E-state index contributed by atoms with van der Waals surface area (Å²) < 4.78 is 0. The molecule has 0 aliphatic carbocycles. The number of aliphatic carboxylic acids is 1. The molecule has 1 rings (SSSR count). The third-order valence-electron chi connectivity index (χ3n) is 1.59. The van der Waals surface area contributed by atoms with Gasteiger partial charge in [0.05, 0.1) is 0 Å². The predicted octanol–water partition coefficient (Wildman–Crippen LogP) is 2.83. The molecule has 0 atom stereocenters. The monoisotopic (exact) mass is 196 g/mol. The molecule has 1 N–H and O–H groups in total. The first-order chi connectivity index (χ1) is 6.09. The van der Waals surface area contributed by atoms with Crippen LogP contribution in [0.5, 0.6) is 0 Å². The minimum atomic E-state index is -0.907. The normalized spacial score (nSPS) is 11.4. The highest BCUT2D eigenvalue weighted by Gasteiger charge is 1.98. The van der Waals surface area contributed by atoms with Crippen LogP contribution in [0.4, 0.5) is 0 Å². The molecule has 2 nitrogen and oxygen atoms in total. The quantitative estimate of drug-likeness (QED) is 0.739. The fourth-order valence-electron chi connectivity index (χ4n) is 0.871. The Balaban J connectivity index is 2.92. The first kappa shape index (κ1) is 9.81. The molecule has 0 aliphatic rings. The Labute approximate surface area is 81.5 Å². The van der Waals surface area contributed by atoms with E-state index >= 15 is 0 Å². The van der Waals surface area contributed by atoms with Gasteiger partial charge in [-0.2, -0.15) is 0 Å². The third kappa shape index (κ3) is 2.92. The van der Waals surface area contributed by atoms with Gasteiger partial charge in [-0.3, -0.25) is 0 Å². The van der Waals surface area contributed by atoms with Crippen LogP contribution in [0.15, 0.2) is 29.8 Å². The number of carboxylic acid groups (broad SMARTS) is 1. The Hall–Kier alpha value is -1.28. The van der Waals surface area contributed by atoms with Crippen LogP contribution >= 0.6 is 11.6 Å². The summed E-state index contributed by atoms with van der Waals surface area (Å²) in [6.07, 6.45) is 1.60. The van der Waals surface area contributed by atoms with Gasteiger partial charge in [-0.25, -0.2) is 4.79 Å². The molecule has 3 heteroatoms. The van der Waals surface area contributed by atoms with Gasteiger partial charge in [0.1, 0.15) is 0 Å². The van der Waals surface area contributed by atoms with Crippen LogP contribution in [-0.2, 0) is 4.79 Å². The van der Waals surface area contributed by atoms with E-state index in [1.807, 2.05) is 0 Å². The molecule has 0 saturated carbocycles. The minimum Gasteiger partial charge on any atom is -0.478 e. The molecule has 0 radical (unpaired) electrons. The lowest BCUT2D eigenvalue weighted by Gasteiger charge is -1.95. The standard InChI is InChI=1S/C10H9ClO2/c1-7(10(12)13)6-8-2-4-9(11)5-3-8/h2-6H,1H3,(H,12,13). The molecule has 0 aliphatic heterocycles. The number of halogens is 1. The minimum absolute atomic E-state index is 0.308. The van der Waals surface area contributed by atoms with Gasteiger partial charge in [0.25, 0.3) is 0 Å². The van der Waals surface area contributed by atoms with Crippen molar-refractivity contribution >= 4 is 23.6 Å². The second-order valence-corrected chi connectivity index (χ2v) is 3.12. The van der Waals surface area contributed by atoms with Crippen LogP contribution in [0.1, 0.15) is 12.5 Å². The second kappa shape index (κ2) is 4.10. The molecule has 0 amide bonds. The number of rotatable bonds is 2. The molecule has 13 heavy (non-hydrogen) atoms. The lowest BCUT2D eigenvalue weighted by atomic mass is 10.1. The molecular weight excluding hydrogens is 188 g/mol. The van der Waals surface area contributed by atoms with Gasteiger partial charge in [0.2, 0.25) is 0 Å². The highest BCUT2D eigenvalue weighted by atomic mass is 35.5. The smallest absolute Gasteiger partial charge is 0.331 e. The van der Waals surface area contributed by atoms with E-state index in [0.29, 0.717) is 10.6 Å². The lowest BCUT2D eigenvalue weighted by molar-refractivity contribution is -0.132. The Bertz CT molecular complexity index is 338. The number of carbonyl (C=O) groups is 1.